The van der Waals surface area contributed by atoms with E-state index in [0.717, 1.165) is 26.1 Å². The number of fused-ring (bicyclic) bond motifs is 1. The molecule has 1 aromatic heterocycles. The van der Waals surface area contributed by atoms with Gasteiger partial charge < -0.3 is 4.74 Å². The van der Waals surface area contributed by atoms with Crippen molar-refractivity contribution in [3.63, 3.8) is 0 Å². The Hall–Kier alpha value is -0.570. The van der Waals surface area contributed by atoms with Crippen molar-refractivity contribution in [3.05, 3.63) is 35.2 Å². The maximum atomic E-state index is 5.85. The molecule has 2 aromatic rings. The van der Waals surface area contributed by atoms with Gasteiger partial charge in [-0.15, -0.1) is 22.9 Å². The number of halogens is 1. The standard InChI is InChI=1S/C14H17ClOS/c1-11(15)4-7-16-8-5-12-2-3-14-13(10-12)6-9-17-14/h2-3,6,9-11H,4-5,7-8H2,1H3. The Morgan fingerprint density at radius 2 is 2.18 bits per heavy atom. The maximum absolute atomic E-state index is 5.85. The zero-order valence-electron chi connectivity index (χ0n) is 9.99. The summed E-state index contributed by atoms with van der Waals surface area (Å²) < 4.78 is 6.91. The predicted octanol–water partition coefficient (Wildman–Crippen LogP) is 4.48. The quantitative estimate of drug-likeness (QED) is 0.555. The highest BCUT2D eigenvalue weighted by atomic mass is 35.5. The third-order valence-corrected chi connectivity index (χ3v) is 3.83. The van der Waals surface area contributed by atoms with Gasteiger partial charge in [-0.05, 0) is 48.2 Å². The topological polar surface area (TPSA) is 9.23 Å². The Bertz CT molecular complexity index is 464. The lowest BCUT2D eigenvalue weighted by Crippen LogP contribution is -2.03. The summed E-state index contributed by atoms with van der Waals surface area (Å²) in [6.07, 6.45) is 1.90. The second-order valence-corrected chi connectivity index (χ2v) is 5.92. The summed E-state index contributed by atoms with van der Waals surface area (Å²) in [6, 6.07) is 8.79. The molecule has 1 unspecified atom stereocenters. The van der Waals surface area contributed by atoms with E-state index >= 15 is 0 Å². The van der Waals surface area contributed by atoms with E-state index in [2.05, 4.69) is 29.6 Å². The molecule has 1 nitrogen and oxygen atoms in total. The molecule has 3 heteroatoms. The predicted molar refractivity (Wildman–Crippen MR) is 76.3 cm³/mol. The molecule has 1 atom stereocenters. The van der Waals surface area contributed by atoms with E-state index in [1.54, 1.807) is 11.3 Å². The molecule has 1 heterocycles. The molecule has 0 bridgehead atoms. The van der Waals surface area contributed by atoms with Gasteiger partial charge in [0.15, 0.2) is 0 Å². The van der Waals surface area contributed by atoms with Gasteiger partial charge in [-0.2, -0.15) is 0 Å². The minimum absolute atomic E-state index is 0.206. The Balaban J connectivity index is 1.78. The van der Waals surface area contributed by atoms with Crippen molar-refractivity contribution >= 4 is 33.0 Å². The molecule has 17 heavy (non-hydrogen) atoms. The van der Waals surface area contributed by atoms with E-state index in [-0.39, 0.29) is 5.38 Å². The number of rotatable bonds is 6. The van der Waals surface area contributed by atoms with Crippen LogP contribution in [0.1, 0.15) is 18.9 Å². The monoisotopic (exact) mass is 268 g/mol. The first-order chi connectivity index (χ1) is 8.25. The summed E-state index contributed by atoms with van der Waals surface area (Å²) in [5.41, 5.74) is 1.34. The lowest BCUT2D eigenvalue weighted by molar-refractivity contribution is 0.135. The third kappa shape index (κ3) is 3.98. The first-order valence-electron chi connectivity index (χ1n) is 5.93. The van der Waals surface area contributed by atoms with Crippen LogP contribution in [-0.2, 0) is 11.2 Å². The van der Waals surface area contributed by atoms with Crippen LogP contribution >= 0.6 is 22.9 Å². The van der Waals surface area contributed by atoms with Crippen LogP contribution in [0.3, 0.4) is 0 Å². The number of hydrogen-bond donors (Lipinski definition) is 0. The highest BCUT2D eigenvalue weighted by molar-refractivity contribution is 7.17. The second-order valence-electron chi connectivity index (χ2n) is 4.22. The molecule has 0 spiro atoms. The summed E-state index contributed by atoms with van der Waals surface area (Å²) in [5, 5.41) is 3.67. The van der Waals surface area contributed by atoms with Crippen molar-refractivity contribution in [1.29, 1.82) is 0 Å². The summed E-state index contributed by atoms with van der Waals surface area (Å²) in [6.45, 7) is 3.53. The van der Waals surface area contributed by atoms with Gasteiger partial charge in [-0.1, -0.05) is 12.1 Å². The number of ether oxygens (including phenoxy) is 1. The first-order valence-corrected chi connectivity index (χ1v) is 7.25. The molecule has 0 aliphatic carbocycles. The molecule has 2 rings (SSSR count). The Labute approximate surface area is 111 Å². The maximum Gasteiger partial charge on any atom is 0.0506 e. The molecular formula is C14H17ClOS. The molecule has 0 amide bonds. The lowest BCUT2D eigenvalue weighted by atomic mass is 10.1. The molecule has 1 aromatic carbocycles. The van der Waals surface area contributed by atoms with Crippen LogP contribution in [0.15, 0.2) is 29.6 Å². The van der Waals surface area contributed by atoms with Crippen LogP contribution in [0.4, 0.5) is 0 Å². The van der Waals surface area contributed by atoms with Crippen molar-refractivity contribution in [3.8, 4) is 0 Å². The minimum Gasteiger partial charge on any atom is -0.381 e. The van der Waals surface area contributed by atoms with Gasteiger partial charge in [0, 0.05) is 16.7 Å². The van der Waals surface area contributed by atoms with Crippen LogP contribution < -0.4 is 0 Å². The number of hydrogen-bond acceptors (Lipinski definition) is 2. The van der Waals surface area contributed by atoms with Crippen LogP contribution in [0.5, 0.6) is 0 Å². The Morgan fingerprint density at radius 3 is 3.00 bits per heavy atom. The Morgan fingerprint density at radius 1 is 1.29 bits per heavy atom. The van der Waals surface area contributed by atoms with E-state index in [0.29, 0.717) is 0 Å². The summed E-state index contributed by atoms with van der Waals surface area (Å²) in [7, 11) is 0. The summed E-state index contributed by atoms with van der Waals surface area (Å²) in [5.74, 6) is 0. The summed E-state index contributed by atoms with van der Waals surface area (Å²) in [4.78, 5) is 0. The fourth-order valence-corrected chi connectivity index (χ4v) is 2.57. The number of alkyl halides is 1. The van der Waals surface area contributed by atoms with Gasteiger partial charge in [-0.3, -0.25) is 0 Å². The van der Waals surface area contributed by atoms with Crippen LogP contribution in [-0.4, -0.2) is 18.6 Å². The molecule has 0 saturated carbocycles. The highest BCUT2D eigenvalue weighted by Gasteiger charge is 1.99. The van der Waals surface area contributed by atoms with Gasteiger partial charge >= 0.3 is 0 Å². The lowest BCUT2D eigenvalue weighted by Gasteiger charge is -2.05. The largest absolute Gasteiger partial charge is 0.381 e. The average Bonchev–Trinajstić information content (AvgIpc) is 2.75. The van der Waals surface area contributed by atoms with Crippen molar-refractivity contribution in [2.75, 3.05) is 13.2 Å². The molecule has 0 aliphatic rings. The third-order valence-electron chi connectivity index (χ3n) is 2.71. The fraction of sp³-hybridized carbons (Fsp3) is 0.429. The van der Waals surface area contributed by atoms with E-state index in [9.17, 15) is 0 Å². The normalized spacial score (nSPS) is 13.1. The fourth-order valence-electron chi connectivity index (χ4n) is 1.71. The molecule has 0 fully saturated rings. The Kier molecular flexibility index (Phi) is 4.84. The van der Waals surface area contributed by atoms with Crippen molar-refractivity contribution < 1.29 is 4.74 Å². The smallest absolute Gasteiger partial charge is 0.0506 e. The zero-order valence-corrected chi connectivity index (χ0v) is 11.6. The SMILES string of the molecule is CC(Cl)CCOCCc1ccc2sccc2c1. The molecular weight excluding hydrogens is 252 g/mol. The molecule has 0 N–H and O–H groups in total. The molecule has 0 radical (unpaired) electrons. The average molecular weight is 269 g/mol. The highest BCUT2D eigenvalue weighted by Crippen LogP contribution is 2.21. The number of thiophene rings is 1. The van der Waals surface area contributed by atoms with Gasteiger partial charge in [0.25, 0.3) is 0 Å². The molecule has 0 saturated heterocycles. The van der Waals surface area contributed by atoms with E-state index in [1.165, 1.54) is 15.6 Å². The van der Waals surface area contributed by atoms with Crippen LogP contribution in [0.2, 0.25) is 0 Å². The van der Waals surface area contributed by atoms with E-state index in [4.69, 9.17) is 16.3 Å². The van der Waals surface area contributed by atoms with Crippen molar-refractivity contribution in [1.82, 2.24) is 0 Å². The van der Waals surface area contributed by atoms with Crippen LogP contribution in [0.25, 0.3) is 10.1 Å². The van der Waals surface area contributed by atoms with Crippen LogP contribution in [0, 0.1) is 0 Å². The van der Waals surface area contributed by atoms with E-state index < -0.39 is 0 Å². The van der Waals surface area contributed by atoms with Gasteiger partial charge in [0.05, 0.1) is 6.61 Å². The van der Waals surface area contributed by atoms with Gasteiger partial charge in [0.1, 0.15) is 0 Å². The molecule has 92 valence electrons. The van der Waals surface area contributed by atoms with Crippen molar-refractivity contribution in [2.24, 2.45) is 0 Å². The first kappa shape index (κ1) is 12.9. The van der Waals surface area contributed by atoms with E-state index in [1.807, 2.05) is 6.92 Å². The zero-order chi connectivity index (χ0) is 12.1. The second kappa shape index (κ2) is 6.39. The number of benzene rings is 1. The minimum atomic E-state index is 0.206. The van der Waals surface area contributed by atoms with Gasteiger partial charge in [0.2, 0.25) is 0 Å². The van der Waals surface area contributed by atoms with Crippen molar-refractivity contribution in [2.45, 2.75) is 25.1 Å². The summed E-state index contributed by atoms with van der Waals surface area (Å²) >= 11 is 7.63. The molecule has 0 aliphatic heterocycles. The van der Waals surface area contributed by atoms with Gasteiger partial charge in [-0.25, -0.2) is 0 Å².